The maximum absolute atomic E-state index is 15.0. The lowest BCUT2D eigenvalue weighted by molar-refractivity contribution is -0.177. The number of rotatable bonds is 13. The highest BCUT2D eigenvalue weighted by molar-refractivity contribution is 6.10. The van der Waals surface area contributed by atoms with E-state index in [4.69, 9.17) is 9.47 Å². The number of nitrogens with zero attached hydrogens (tertiary/aromatic N) is 1. The summed E-state index contributed by atoms with van der Waals surface area (Å²) in [5.74, 6) is 0.971. The standard InChI is InChI=1S/C51H59NO6/c1-47-23-20-39(53)28-49(47)26-27-51(43(29-49)46(55)37-16-18-41(57-3)19-17-37)44(47)21-24-48(2)45(51)22-25-50(48,56)34-52(30-38-14-9-13-36-12-7-8-15-42(36)38)31-40(54)33-58-32-35-10-5-4-6-11-35/h4-19,26-27,29,39-40,44-45,53-54,56H,20-25,28,30-34H2,1-3H3. The second kappa shape index (κ2) is 14.9. The number of aliphatic hydroxyl groups excluding tert-OH is 2. The summed E-state index contributed by atoms with van der Waals surface area (Å²) in [6.45, 7) is 6.62. The average molecular weight is 782 g/mol. The molecule has 4 aromatic carbocycles. The molecular formula is C51H59NO6. The Hall–Kier alpha value is -4.11. The first-order valence-electron chi connectivity index (χ1n) is 21.5. The van der Waals surface area contributed by atoms with Gasteiger partial charge >= 0.3 is 0 Å². The lowest BCUT2D eigenvalue weighted by atomic mass is 9.32. The summed E-state index contributed by atoms with van der Waals surface area (Å²) in [5, 5.41) is 38.4. The molecular weight excluding hydrogens is 723 g/mol. The van der Waals surface area contributed by atoms with Gasteiger partial charge < -0.3 is 24.8 Å². The fraction of sp³-hybridized carbons (Fsp3) is 0.471. The van der Waals surface area contributed by atoms with Crippen LogP contribution in [0, 0.1) is 33.5 Å². The molecule has 2 spiro atoms. The quantitative estimate of drug-likeness (QED) is 0.0923. The third-order valence-electron chi connectivity index (χ3n) is 16.0. The number of hydrogen-bond donors (Lipinski definition) is 3. The fourth-order valence-corrected chi connectivity index (χ4v) is 13.0. The van der Waals surface area contributed by atoms with Crippen LogP contribution in [0.1, 0.15) is 80.3 Å². The Bertz CT molecular complexity index is 2210. The highest BCUT2D eigenvalue weighted by atomic mass is 16.5. The monoisotopic (exact) mass is 781 g/mol. The van der Waals surface area contributed by atoms with E-state index in [0.717, 1.165) is 54.2 Å². The topological polar surface area (TPSA) is 99.5 Å². The van der Waals surface area contributed by atoms with Crippen LogP contribution in [0.15, 0.2) is 121 Å². The number of benzene rings is 4. The molecule has 3 saturated carbocycles. The Morgan fingerprint density at radius 3 is 2.34 bits per heavy atom. The van der Waals surface area contributed by atoms with Gasteiger partial charge in [0.25, 0.3) is 0 Å². The van der Waals surface area contributed by atoms with Gasteiger partial charge in [-0.1, -0.05) is 105 Å². The van der Waals surface area contributed by atoms with Crippen molar-refractivity contribution in [3.05, 3.63) is 138 Å². The molecule has 10 rings (SSSR count). The molecule has 4 aromatic rings. The molecule has 0 aliphatic heterocycles. The van der Waals surface area contributed by atoms with Crippen LogP contribution in [0.2, 0.25) is 0 Å². The van der Waals surface area contributed by atoms with Crippen LogP contribution in [-0.4, -0.2) is 70.6 Å². The van der Waals surface area contributed by atoms with Gasteiger partial charge in [-0.15, -0.1) is 0 Å². The average Bonchev–Trinajstić information content (AvgIpc) is 3.50. The van der Waals surface area contributed by atoms with Crippen molar-refractivity contribution in [1.29, 1.82) is 0 Å². The van der Waals surface area contributed by atoms with Gasteiger partial charge in [-0.3, -0.25) is 9.69 Å². The molecule has 0 aromatic heterocycles. The first-order chi connectivity index (χ1) is 27.9. The van der Waals surface area contributed by atoms with Gasteiger partial charge in [0.1, 0.15) is 5.75 Å². The van der Waals surface area contributed by atoms with Gasteiger partial charge in [-0.2, -0.15) is 0 Å². The van der Waals surface area contributed by atoms with Gasteiger partial charge in [-0.05, 0) is 108 Å². The van der Waals surface area contributed by atoms with Crippen LogP contribution in [0.25, 0.3) is 10.8 Å². The number of aliphatic hydroxyl groups is 3. The van der Waals surface area contributed by atoms with E-state index in [-0.39, 0.29) is 29.6 Å². The molecule has 9 unspecified atom stereocenters. The minimum absolute atomic E-state index is 0.0222. The SMILES string of the molecule is COc1ccc(C(=O)C2=CC34C=CC25C(CCC2(C)C5CCC2(O)CN(Cc2cccc5ccccc25)CC(O)COCc2ccccc2)C3(C)CCC(O)C4)cc1. The number of ketones is 1. The van der Waals surface area contributed by atoms with Crippen LogP contribution in [-0.2, 0) is 17.9 Å². The van der Waals surface area contributed by atoms with Crippen LogP contribution in [0.5, 0.6) is 5.75 Å². The van der Waals surface area contributed by atoms with Crippen molar-refractivity contribution in [3.8, 4) is 5.75 Å². The van der Waals surface area contributed by atoms with Crippen LogP contribution in [0.4, 0.5) is 0 Å². The number of allylic oxidation sites excluding steroid dienone is 4. The highest BCUT2D eigenvalue weighted by Gasteiger charge is 2.74. The summed E-state index contributed by atoms with van der Waals surface area (Å²) >= 11 is 0. The highest BCUT2D eigenvalue weighted by Crippen LogP contribution is 2.78. The van der Waals surface area contributed by atoms with Crippen molar-refractivity contribution in [2.45, 2.75) is 89.8 Å². The summed E-state index contributed by atoms with van der Waals surface area (Å²) in [5.41, 5.74) is 1.04. The van der Waals surface area contributed by atoms with Gasteiger partial charge in [0.2, 0.25) is 0 Å². The molecule has 304 valence electrons. The van der Waals surface area contributed by atoms with Gasteiger partial charge in [-0.25, -0.2) is 0 Å². The van der Waals surface area contributed by atoms with Gasteiger partial charge in [0.15, 0.2) is 5.78 Å². The Kier molecular flexibility index (Phi) is 10.1. The third-order valence-corrected chi connectivity index (χ3v) is 16.0. The molecule has 6 aliphatic carbocycles. The van der Waals surface area contributed by atoms with E-state index >= 15 is 4.79 Å². The molecule has 58 heavy (non-hydrogen) atoms. The van der Waals surface area contributed by atoms with E-state index < -0.39 is 34.1 Å². The minimum Gasteiger partial charge on any atom is -0.497 e. The second-order valence-electron chi connectivity index (χ2n) is 18.8. The van der Waals surface area contributed by atoms with E-state index in [1.54, 1.807) is 7.11 Å². The van der Waals surface area contributed by atoms with E-state index in [9.17, 15) is 15.3 Å². The van der Waals surface area contributed by atoms with E-state index in [2.05, 4.69) is 79.4 Å². The Morgan fingerprint density at radius 2 is 1.55 bits per heavy atom. The molecule has 0 amide bonds. The molecule has 2 bridgehead atoms. The molecule has 6 aliphatic rings. The molecule has 3 N–H and O–H groups in total. The molecule has 9 atom stereocenters. The largest absolute Gasteiger partial charge is 0.497 e. The van der Waals surface area contributed by atoms with Crippen LogP contribution in [0.3, 0.4) is 0 Å². The lowest BCUT2D eigenvalue weighted by Crippen LogP contribution is -2.67. The van der Waals surface area contributed by atoms with Crippen molar-refractivity contribution in [3.63, 3.8) is 0 Å². The number of methoxy groups -OCH3 is 1. The van der Waals surface area contributed by atoms with Crippen LogP contribution >= 0.6 is 0 Å². The van der Waals surface area contributed by atoms with Crippen molar-refractivity contribution >= 4 is 16.6 Å². The second-order valence-corrected chi connectivity index (χ2v) is 18.8. The summed E-state index contributed by atoms with van der Waals surface area (Å²) in [7, 11) is 1.63. The van der Waals surface area contributed by atoms with Crippen molar-refractivity contribution < 1.29 is 29.6 Å². The Balaban J connectivity index is 1.06. The fourth-order valence-electron chi connectivity index (χ4n) is 13.0. The maximum atomic E-state index is 15.0. The van der Waals surface area contributed by atoms with Crippen LogP contribution < -0.4 is 4.74 Å². The van der Waals surface area contributed by atoms with Crippen molar-refractivity contribution in [1.82, 2.24) is 4.90 Å². The smallest absolute Gasteiger partial charge is 0.189 e. The first-order valence-corrected chi connectivity index (χ1v) is 21.5. The predicted molar refractivity (Wildman–Crippen MR) is 227 cm³/mol. The number of Topliss-reactive ketones (excluding diaryl/α,β-unsaturated/α-hetero) is 1. The zero-order chi connectivity index (χ0) is 40.3. The Labute approximate surface area is 343 Å². The normalized spacial score (nSPS) is 34.0. The summed E-state index contributed by atoms with van der Waals surface area (Å²) in [4.78, 5) is 17.3. The summed E-state index contributed by atoms with van der Waals surface area (Å²) < 4.78 is 11.5. The van der Waals surface area contributed by atoms with Crippen molar-refractivity contribution in [2.75, 3.05) is 26.8 Å². The Morgan fingerprint density at radius 1 is 0.845 bits per heavy atom. The van der Waals surface area contributed by atoms with E-state index in [0.29, 0.717) is 50.4 Å². The number of carbonyl (C=O) groups is 1. The van der Waals surface area contributed by atoms with Crippen molar-refractivity contribution in [2.24, 2.45) is 33.5 Å². The third kappa shape index (κ3) is 6.23. The molecule has 0 radical (unpaired) electrons. The number of fused-ring (bicyclic) bond motifs is 2. The molecule has 7 nitrogen and oxygen atoms in total. The zero-order valence-corrected chi connectivity index (χ0v) is 34.3. The summed E-state index contributed by atoms with van der Waals surface area (Å²) in [6, 6.07) is 32.3. The molecule has 0 saturated heterocycles. The predicted octanol–water partition coefficient (Wildman–Crippen LogP) is 8.70. The molecule has 7 heteroatoms. The van der Waals surface area contributed by atoms with Gasteiger partial charge in [0, 0.05) is 47.0 Å². The number of ether oxygens (including phenoxy) is 2. The summed E-state index contributed by atoms with van der Waals surface area (Å²) in [6.07, 6.45) is 11.3. The maximum Gasteiger partial charge on any atom is 0.189 e. The zero-order valence-electron chi connectivity index (χ0n) is 34.3. The van der Waals surface area contributed by atoms with Gasteiger partial charge in [0.05, 0.1) is 38.1 Å². The molecule has 0 heterocycles. The minimum atomic E-state index is -1.08. The van der Waals surface area contributed by atoms with E-state index in [1.165, 1.54) is 5.39 Å². The number of hydrogen-bond acceptors (Lipinski definition) is 7. The first kappa shape index (κ1) is 39.4. The number of carbonyl (C=O) groups excluding carboxylic acids is 1. The lowest BCUT2D eigenvalue weighted by Gasteiger charge is -2.71. The van der Waals surface area contributed by atoms with E-state index in [1.807, 2.05) is 54.6 Å². The molecule has 3 fully saturated rings.